The van der Waals surface area contributed by atoms with Gasteiger partial charge in [-0.3, -0.25) is 0 Å². The third-order valence-electron chi connectivity index (χ3n) is 15.4. The van der Waals surface area contributed by atoms with Crippen molar-refractivity contribution in [3.63, 3.8) is 0 Å². The molecule has 3 aromatic heterocycles. The van der Waals surface area contributed by atoms with Gasteiger partial charge in [0.1, 0.15) is 0 Å². The van der Waals surface area contributed by atoms with Gasteiger partial charge in [0.25, 0.3) is 0 Å². The van der Waals surface area contributed by atoms with Gasteiger partial charge in [0.05, 0.1) is 33.1 Å². The smallest absolute Gasteiger partial charge is 0.0619 e. The molecule has 12 aromatic carbocycles. The van der Waals surface area contributed by atoms with E-state index in [2.05, 4.69) is 310 Å². The molecule has 0 N–H and O–H groups in total. The van der Waals surface area contributed by atoms with Crippen molar-refractivity contribution in [1.82, 2.24) is 13.7 Å². The van der Waals surface area contributed by atoms with Crippen LogP contribution in [0.4, 0.5) is 17.1 Å². The van der Waals surface area contributed by atoms with Gasteiger partial charge < -0.3 is 18.6 Å². The summed E-state index contributed by atoms with van der Waals surface area (Å²) in [5.41, 5.74) is 20.7. The van der Waals surface area contributed by atoms with E-state index < -0.39 is 0 Å². The molecule has 4 nitrogen and oxygen atoms in total. The molecular weight excluding hydrogens is 921 g/mol. The maximum absolute atomic E-state index is 2.45. The fourth-order valence-electron chi connectivity index (χ4n) is 12.1. The van der Waals surface area contributed by atoms with Gasteiger partial charge in [-0.05, 0) is 149 Å². The van der Waals surface area contributed by atoms with Gasteiger partial charge in [0, 0.05) is 72.0 Å². The molecule has 4 heteroatoms. The molecule has 0 saturated heterocycles. The Morgan fingerprint density at radius 3 is 1.34 bits per heavy atom. The van der Waals surface area contributed by atoms with Crippen LogP contribution in [0.3, 0.4) is 0 Å². The summed E-state index contributed by atoms with van der Waals surface area (Å²) in [7, 11) is 0. The molecule has 76 heavy (non-hydrogen) atoms. The third kappa shape index (κ3) is 7.00. The van der Waals surface area contributed by atoms with E-state index in [1.54, 1.807) is 0 Å². The monoisotopic (exact) mass is 968 g/mol. The number of hydrogen-bond donors (Lipinski definition) is 0. The molecule has 0 aliphatic carbocycles. The Balaban J connectivity index is 0.971. The largest absolute Gasteiger partial charge is 0.310 e. The first-order valence-electron chi connectivity index (χ1n) is 26.1. The van der Waals surface area contributed by atoms with Crippen LogP contribution in [0.1, 0.15) is 0 Å². The van der Waals surface area contributed by atoms with Crippen LogP contribution < -0.4 is 4.90 Å². The van der Waals surface area contributed by atoms with E-state index in [0.29, 0.717) is 0 Å². The van der Waals surface area contributed by atoms with E-state index in [1.807, 2.05) is 0 Å². The third-order valence-corrected chi connectivity index (χ3v) is 15.4. The molecule has 15 rings (SSSR count). The van der Waals surface area contributed by atoms with Crippen molar-refractivity contribution in [2.45, 2.75) is 0 Å². The zero-order chi connectivity index (χ0) is 50.1. The molecule has 0 atom stereocenters. The Labute approximate surface area is 440 Å². The van der Waals surface area contributed by atoms with Gasteiger partial charge in [0.2, 0.25) is 0 Å². The maximum atomic E-state index is 2.45. The molecule has 356 valence electrons. The summed E-state index contributed by atoms with van der Waals surface area (Å²) in [5.74, 6) is 0. The minimum Gasteiger partial charge on any atom is -0.310 e. The fraction of sp³-hybridized carbons (Fsp3) is 0. The summed E-state index contributed by atoms with van der Waals surface area (Å²) in [5, 5.41) is 7.33. The van der Waals surface area contributed by atoms with Crippen LogP contribution in [0.5, 0.6) is 0 Å². The standard InChI is InChI=1S/C72H48N4/c1-5-23-53(24-6-1)73(58-42-43-69-65(48-58)62-33-14-16-38-66(62)74(69)54-25-7-2-8-26-54)57-31-19-22-49(47-57)50-44-51(59-35-21-41-70-71(59)64-34-15-18-40-68(64)75(70)55-27-9-3-10-28-55)46-52(45-50)60-36-20-37-63-61-32-13-17-39-67(61)76(72(60)63)56-29-11-4-12-30-56/h1-48H. The molecule has 0 fully saturated rings. The van der Waals surface area contributed by atoms with Gasteiger partial charge in [-0.1, -0.05) is 170 Å². The highest BCUT2D eigenvalue weighted by molar-refractivity contribution is 6.17. The lowest BCUT2D eigenvalue weighted by Crippen LogP contribution is -2.10. The highest BCUT2D eigenvalue weighted by atomic mass is 15.1. The number of hydrogen-bond acceptors (Lipinski definition) is 1. The van der Waals surface area contributed by atoms with Crippen molar-refractivity contribution in [1.29, 1.82) is 0 Å². The van der Waals surface area contributed by atoms with Crippen molar-refractivity contribution in [2.75, 3.05) is 4.90 Å². The highest BCUT2D eigenvalue weighted by Gasteiger charge is 2.22. The first kappa shape index (κ1) is 43.4. The van der Waals surface area contributed by atoms with Crippen molar-refractivity contribution in [3.05, 3.63) is 291 Å². The Morgan fingerprint density at radius 2 is 0.658 bits per heavy atom. The van der Waals surface area contributed by atoms with Crippen molar-refractivity contribution < 1.29 is 0 Å². The Hall–Kier alpha value is -10.2. The lowest BCUT2D eigenvalue weighted by molar-refractivity contribution is 1.18. The summed E-state index contributed by atoms with van der Waals surface area (Å²) in [6.45, 7) is 0. The van der Waals surface area contributed by atoms with Crippen molar-refractivity contribution in [3.8, 4) is 50.4 Å². The first-order valence-corrected chi connectivity index (χ1v) is 26.1. The average Bonchev–Trinajstić information content (AvgIpc) is 4.17. The second-order valence-electron chi connectivity index (χ2n) is 19.7. The molecule has 0 spiro atoms. The molecule has 15 aromatic rings. The molecule has 0 saturated carbocycles. The van der Waals surface area contributed by atoms with Crippen LogP contribution in [0.25, 0.3) is 116 Å². The number of fused-ring (bicyclic) bond motifs is 9. The summed E-state index contributed by atoms with van der Waals surface area (Å²) in [6.07, 6.45) is 0. The van der Waals surface area contributed by atoms with Gasteiger partial charge in [-0.2, -0.15) is 0 Å². The zero-order valence-corrected chi connectivity index (χ0v) is 41.5. The summed E-state index contributed by atoms with van der Waals surface area (Å²) in [4.78, 5) is 2.40. The molecule has 0 aliphatic heterocycles. The van der Waals surface area contributed by atoms with E-state index in [0.717, 1.165) is 56.4 Å². The van der Waals surface area contributed by atoms with Crippen LogP contribution in [0.2, 0.25) is 0 Å². The van der Waals surface area contributed by atoms with E-state index in [4.69, 9.17) is 0 Å². The van der Waals surface area contributed by atoms with Crippen LogP contribution in [0, 0.1) is 0 Å². The quantitative estimate of drug-likeness (QED) is 0.141. The number of aromatic nitrogens is 3. The Bertz CT molecular complexity index is 4680. The lowest BCUT2D eigenvalue weighted by Gasteiger charge is -2.26. The van der Waals surface area contributed by atoms with Crippen molar-refractivity contribution in [2.24, 2.45) is 0 Å². The van der Waals surface area contributed by atoms with Crippen LogP contribution in [0.15, 0.2) is 291 Å². The molecule has 0 unspecified atom stereocenters. The molecule has 0 bridgehead atoms. The van der Waals surface area contributed by atoms with Crippen molar-refractivity contribution >= 4 is 82.5 Å². The SMILES string of the molecule is c1ccc(N(c2cccc(-c3cc(-c4cccc5c4c4ccccc4n5-c4ccccc4)cc(-c4cccc5c6ccccc6n(-c6ccccc6)c45)c3)c2)c2ccc3c(c2)c2ccccc2n3-c2ccccc2)cc1. The Kier molecular flexibility index (Phi) is 10.2. The molecule has 0 aliphatic rings. The lowest BCUT2D eigenvalue weighted by atomic mass is 9.90. The normalized spacial score (nSPS) is 11.7. The zero-order valence-electron chi connectivity index (χ0n) is 41.5. The number of rotatable bonds is 9. The minimum atomic E-state index is 1.07. The number of anilines is 3. The average molecular weight is 969 g/mol. The van der Waals surface area contributed by atoms with E-state index in [1.165, 1.54) is 76.5 Å². The molecule has 0 amide bonds. The van der Waals surface area contributed by atoms with Gasteiger partial charge in [-0.15, -0.1) is 0 Å². The van der Waals surface area contributed by atoms with Gasteiger partial charge in [0.15, 0.2) is 0 Å². The predicted molar refractivity (Wildman–Crippen MR) is 320 cm³/mol. The topological polar surface area (TPSA) is 18.0 Å². The molecular formula is C72H48N4. The highest BCUT2D eigenvalue weighted by Crippen LogP contribution is 2.46. The summed E-state index contributed by atoms with van der Waals surface area (Å²) < 4.78 is 7.25. The number of benzene rings is 12. The van der Waals surface area contributed by atoms with E-state index >= 15 is 0 Å². The Morgan fingerprint density at radius 1 is 0.224 bits per heavy atom. The second-order valence-corrected chi connectivity index (χ2v) is 19.7. The first-order chi connectivity index (χ1) is 37.7. The second kappa shape index (κ2) is 17.8. The maximum Gasteiger partial charge on any atom is 0.0619 e. The van der Waals surface area contributed by atoms with E-state index in [-0.39, 0.29) is 0 Å². The van der Waals surface area contributed by atoms with Crippen LogP contribution >= 0.6 is 0 Å². The van der Waals surface area contributed by atoms with Crippen LogP contribution in [-0.4, -0.2) is 13.7 Å². The molecule has 0 radical (unpaired) electrons. The fourth-order valence-corrected chi connectivity index (χ4v) is 12.1. The summed E-state index contributed by atoms with van der Waals surface area (Å²) in [6, 6.07) is 106. The van der Waals surface area contributed by atoms with Gasteiger partial charge >= 0.3 is 0 Å². The molecule has 3 heterocycles. The van der Waals surface area contributed by atoms with Crippen LogP contribution in [-0.2, 0) is 0 Å². The number of para-hydroxylation sites is 8. The predicted octanol–water partition coefficient (Wildman–Crippen LogP) is 19.4. The van der Waals surface area contributed by atoms with E-state index in [9.17, 15) is 0 Å². The number of nitrogens with zero attached hydrogens (tertiary/aromatic N) is 4. The summed E-state index contributed by atoms with van der Waals surface area (Å²) >= 11 is 0. The van der Waals surface area contributed by atoms with Gasteiger partial charge in [-0.25, -0.2) is 0 Å². The minimum absolute atomic E-state index is 1.07.